The molecule has 3 aromatic rings. The lowest BCUT2D eigenvalue weighted by Crippen LogP contribution is -2.45. The van der Waals surface area contributed by atoms with Gasteiger partial charge in [-0.3, -0.25) is 5.10 Å². The molecule has 6 nitrogen and oxygen atoms in total. The normalized spacial score (nSPS) is 27.6. The van der Waals surface area contributed by atoms with Gasteiger partial charge in [0.15, 0.2) is 5.82 Å². The van der Waals surface area contributed by atoms with E-state index >= 15 is 0 Å². The number of rotatable bonds is 4. The lowest BCUT2D eigenvalue weighted by atomic mass is 9.77. The maximum Gasteiger partial charge on any atom is 0.158 e. The van der Waals surface area contributed by atoms with Gasteiger partial charge in [-0.05, 0) is 63.0 Å². The first-order valence-electron chi connectivity index (χ1n) is 12.8. The van der Waals surface area contributed by atoms with Gasteiger partial charge in [0, 0.05) is 25.2 Å². The highest BCUT2D eigenvalue weighted by molar-refractivity contribution is 5.76. The van der Waals surface area contributed by atoms with Crippen molar-refractivity contribution in [3.05, 3.63) is 41.7 Å². The fourth-order valence-electron chi connectivity index (χ4n) is 6.91. The summed E-state index contributed by atoms with van der Waals surface area (Å²) < 4.78 is 2.51. The van der Waals surface area contributed by atoms with Crippen LogP contribution in [0.4, 0.5) is 0 Å². The van der Waals surface area contributed by atoms with Crippen molar-refractivity contribution in [2.75, 3.05) is 13.1 Å². The number of hydrogen-bond acceptors (Lipinski definition) is 4. The van der Waals surface area contributed by atoms with Crippen molar-refractivity contribution < 1.29 is 0 Å². The first-order valence-corrected chi connectivity index (χ1v) is 12.8. The number of benzene rings is 1. The minimum atomic E-state index is 0.513. The molecule has 1 N–H and O–H groups in total. The summed E-state index contributed by atoms with van der Waals surface area (Å²) in [7, 11) is 0. The minimum Gasteiger partial charge on any atom is -0.324 e. The van der Waals surface area contributed by atoms with E-state index in [1.54, 1.807) is 0 Å². The van der Waals surface area contributed by atoms with Crippen LogP contribution in [0.2, 0.25) is 0 Å². The Morgan fingerprint density at radius 3 is 2.38 bits per heavy atom. The van der Waals surface area contributed by atoms with E-state index in [0.29, 0.717) is 12.5 Å². The van der Waals surface area contributed by atoms with Crippen LogP contribution in [-0.4, -0.2) is 48.8 Å². The number of likely N-dealkylation sites (tertiary alicyclic amines) is 1. The lowest BCUT2D eigenvalue weighted by molar-refractivity contribution is 0.0713. The van der Waals surface area contributed by atoms with Crippen molar-refractivity contribution in [1.29, 1.82) is 0 Å². The molecule has 2 aromatic heterocycles. The van der Waals surface area contributed by atoms with Crippen LogP contribution in [0.25, 0.3) is 11.0 Å². The van der Waals surface area contributed by atoms with E-state index in [4.69, 9.17) is 4.98 Å². The Kier molecular flexibility index (Phi) is 5.49. The monoisotopic (exact) mass is 432 g/mol. The van der Waals surface area contributed by atoms with Gasteiger partial charge in [0.25, 0.3) is 0 Å². The zero-order valence-electron chi connectivity index (χ0n) is 19.3. The molecule has 170 valence electrons. The molecule has 2 aliphatic carbocycles. The molecule has 3 fully saturated rings. The van der Waals surface area contributed by atoms with Crippen LogP contribution in [0.15, 0.2) is 24.3 Å². The Hall–Kier alpha value is -2.21. The Morgan fingerprint density at radius 1 is 0.906 bits per heavy atom. The third-order valence-electron chi connectivity index (χ3n) is 8.36. The Labute approximate surface area is 190 Å². The Balaban J connectivity index is 1.20. The molecule has 1 saturated heterocycles. The van der Waals surface area contributed by atoms with Crippen LogP contribution >= 0.6 is 0 Å². The van der Waals surface area contributed by atoms with Gasteiger partial charge in [0.1, 0.15) is 11.6 Å². The van der Waals surface area contributed by atoms with Gasteiger partial charge in [-0.25, -0.2) is 9.97 Å². The van der Waals surface area contributed by atoms with Gasteiger partial charge in [0.2, 0.25) is 0 Å². The molecule has 2 bridgehead atoms. The number of aromatic amines is 1. The third kappa shape index (κ3) is 3.98. The fraction of sp³-hybridized carbons (Fsp3) is 0.654. The second-order valence-corrected chi connectivity index (χ2v) is 10.5. The molecule has 3 atom stereocenters. The maximum absolute atomic E-state index is 5.01. The van der Waals surface area contributed by atoms with E-state index < -0.39 is 0 Å². The average Bonchev–Trinajstić information content (AvgIpc) is 3.34. The third-order valence-corrected chi connectivity index (χ3v) is 8.36. The second-order valence-electron chi connectivity index (χ2n) is 10.5. The zero-order valence-corrected chi connectivity index (χ0v) is 19.3. The van der Waals surface area contributed by atoms with Crippen LogP contribution < -0.4 is 0 Å². The van der Waals surface area contributed by atoms with Crippen molar-refractivity contribution in [1.82, 2.24) is 29.6 Å². The molecule has 1 aromatic carbocycles. The van der Waals surface area contributed by atoms with E-state index in [0.717, 1.165) is 40.9 Å². The van der Waals surface area contributed by atoms with Gasteiger partial charge in [0.05, 0.1) is 17.5 Å². The molecule has 0 radical (unpaired) electrons. The van der Waals surface area contributed by atoms with Crippen LogP contribution in [0, 0.1) is 18.8 Å². The SMILES string of the molecule is Cc1nc(Cc2nc3ccccc3n2C2CCN(C3C[C@H]4CCCC[C@@H](C3)C4)CC2)n[nH]1. The number of nitrogens with one attached hydrogen (secondary N) is 1. The predicted octanol–water partition coefficient (Wildman–Crippen LogP) is 5.05. The van der Waals surface area contributed by atoms with Gasteiger partial charge < -0.3 is 9.47 Å². The minimum absolute atomic E-state index is 0.513. The largest absolute Gasteiger partial charge is 0.324 e. The van der Waals surface area contributed by atoms with Crippen molar-refractivity contribution >= 4 is 11.0 Å². The number of aryl methyl sites for hydroxylation is 1. The fourth-order valence-corrected chi connectivity index (χ4v) is 6.91. The van der Waals surface area contributed by atoms with Crippen LogP contribution in [0.5, 0.6) is 0 Å². The van der Waals surface area contributed by atoms with Crippen molar-refractivity contribution in [3.63, 3.8) is 0 Å². The summed E-state index contributed by atoms with van der Waals surface area (Å²) in [5.74, 6) is 4.79. The molecule has 1 unspecified atom stereocenters. The first-order chi connectivity index (χ1) is 15.7. The van der Waals surface area contributed by atoms with Crippen molar-refractivity contribution in [3.8, 4) is 0 Å². The lowest BCUT2D eigenvalue weighted by Gasteiger charge is -2.43. The summed E-state index contributed by atoms with van der Waals surface area (Å²) in [5, 5.41) is 7.36. The molecule has 1 aliphatic heterocycles. The van der Waals surface area contributed by atoms with E-state index in [1.165, 1.54) is 76.4 Å². The molecule has 6 heteroatoms. The summed E-state index contributed by atoms with van der Waals surface area (Å²) >= 11 is 0. The van der Waals surface area contributed by atoms with Crippen molar-refractivity contribution in [2.45, 2.75) is 83.2 Å². The molecule has 3 aliphatic rings. The van der Waals surface area contributed by atoms with E-state index in [9.17, 15) is 0 Å². The quantitative estimate of drug-likeness (QED) is 0.627. The number of fused-ring (bicyclic) bond motifs is 3. The summed E-state index contributed by atoms with van der Waals surface area (Å²) in [5.41, 5.74) is 2.35. The molecule has 32 heavy (non-hydrogen) atoms. The highest BCUT2D eigenvalue weighted by Gasteiger charge is 2.35. The highest BCUT2D eigenvalue weighted by Crippen LogP contribution is 2.41. The predicted molar refractivity (Wildman–Crippen MR) is 127 cm³/mol. The summed E-state index contributed by atoms with van der Waals surface area (Å²) in [6, 6.07) is 9.93. The van der Waals surface area contributed by atoms with Crippen molar-refractivity contribution in [2.24, 2.45) is 11.8 Å². The van der Waals surface area contributed by atoms with E-state index in [-0.39, 0.29) is 0 Å². The number of imidazole rings is 1. The molecule has 6 rings (SSSR count). The van der Waals surface area contributed by atoms with Crippen LogP contribution in [0.1, 0.15) is 81.3 Å². The van der Waals surface area contributed by atoms with Gasteiger partial charge in [-0.15, -0.1) is 0 Å². The standard InChI is InChI=1S/C26H36N6/c1-18-27-25(30-29-18)17-26-28-23-8-4-5-9-24(23)32(26)21-10-12-31(13-11-21)22-15-19-6-2-3-7-20(14-19)16-22/h4-5,8-9,19-22H,2-3,6-7,10-17H2,1H3,(H,27,29,30)/t19-,20+,22?. The molecule has 0 amide bonds. The summed E-state index contributed by atoms with van der Waals surface area (Å²) in [4.78, 5) is 12.4. The van der Waals surface area contributed by atoms with Crippen LogP contribution in [0.3, 0.4) is 0 Å². The molecular formula is C26H36N6. The van der Waals surface area contributed by atoms with Gasteiger partial charge >= 0.3 is 0 Å². The molecular weight excluding hydrogens is 396 g/mol. The van der Waals surface area contributed by atoms with Crippen LogP contribution in [-0.2, 0) is 6.42 Å². The topological polar surface area (TPSA) is 62.6 Å². The number of piperidine rings is 1. The molecule has 3 heterocycles. The Morgan fingerprint density at radius 2 is 1.66 bits per heavy atom. The zero-order chi connectivity index (χ0) is 21.5. The Bertz CT molecular complexity index is 1050. The van der Waals surface area contributed by atoms with Gasteiger partial charge in [-0.1, -0.05) is 37.8 Å². The number of hydrogen-bond donors (Lipinski definition) is 1. The average molecular weight is 433 g/mol. The molecule has 2 saturated carbocycles. The number of nitrogens with zero attached hydrogens (tertiary/aromatic N) is 5. The smallest absolute Gasteiger partial charge is 0.158 e. The summed E-state index contributed by atoms with van der Waals surface area (Å²) in [6.45, 7) is 4.40. The summed E-state index contributed by atoms with van der Waals surface area (Å²) in [6.07, 6.45) is 13.4. The number of H-pyrrole nitrogens is 1. The highest BCUT2D eigenvalue weighted by atomic mass is 15.2. The van der Waals surface area contributed by atoms with E-state index in [2.05, 4.69) is 48.9 Å². The van der Waals surface area contributed by atoms with E-state index in [1.807, 2.05) is 6.92 Å². The first kappa shape index (κ1) is 20.4. The van der Waals surface area contributed by atoms with Gasteiger partial charge in [-0.2, -0.15) is 5.10 Å². The number of aromatic nitrogens is 5. The second kappa shape index (κ2) is 8.62. The number of para-hydroxylation sites is 2. The maximum atomic E-state index is 5.01. The molecule has 0 spiro atoms.